The quantitative estimate of drug-likeness (QED) is 0.328. The van der Waals surface area contributed by atoms with Gasteiger partial charge in [0.2, 0.25) is 0 Å². The summed E-state index contributed by atoms with van der Waals surface area (Å²) in [7, 11) is 0. The molecule has 32 heavy (non-hydrogen) atoms. The van der Waals surface area contributed by atoms with Crippen molar-refractivity contribution >= 4 is 33.6 Å². The second-order valence-corrected chi connectivity index (χ2v) is 9.44. The van der Waals surface area contributed by atoms with Gasteiger partial charge in [-0.2, -0.15) is 11.8 Å². The van der Waals surface area contributed by atoms with Crippen molar-refractivity contribution in [3.05, 3.63) is 65.9 Å². The molecule has 0 spiro atoms. The molecule has 2 N–H and O–H groups in total. The molecule has 0 amide bonds. The van der Waals surface area contributed by atoms with Crippen molar-refractivity contribution in [1.29, 1.82) is 0 Å². The molecule has 1 aliphatic rings. The van der Waals surface area contributed by atoms with E-state index in [0.717, 1.165) is 57.4 Å². The van der Waals surface area contributed by atoms with Crippen LogP contribution in [-0.4, -0.2) is 26.2 Å². The zero-order chi connectivity index (χ0) is 21.8. The Morgan fingerprint density at radius 3 is 2.72 bits per heavy atom. The Hall–Kier alpha value is -3.25. The van der Waals surface area contributed by atoms with Crippen LogP contribution < -0.4 is 4.74 Å². The van der Waals surface area contributed by atoms with Crippen LogP contribution in [0, 0.1) is 0 Å². The van der Waals surface area contributed by atoms with E-state index in [-0.39, 0.29) is 0 Å². The Bertz CT molecular complexity index is 1480. The summed E-state index contributed by atoms with van der Waals surface area (Å²) in [4.78, 5) is 16.5. The smallest absolute Gasteiger partial charge is 0.130 e. The Balaban J connectivity index is 1.41. The lowest BCUT2D eigenvalue weighted by Crippen LogP contribution is -2.05. The Morgan fingerprint density at radius 1 is 1.03 bits per heavy atom. The maximum absolute atomic E-state index is 6.06. The van der Waals surface area contributed by atoms with Gasteiger partial charge in [-0.3, -0.25) is 0 Å². The molecule has 6 rings (SSSR count). The lowest BCUT2D eigenvalue weighted by atomic mass is 9.97. The van der Waals surface area contributed by atoms with Crippen molar-refractivity contribution in [2.24, 2.45) is 0 Å². The van der Waals surface area contributed by atoms with Gasteiger partial charge in [0.25, 0.3) is 0 Å². The lowest BCUT2D eigenvalue weighted by molar-refractivity contribution is 0.298. The number of nitrogens with one attached hydrogen (secondary N) is 2. The van der Waals surface area contributed by atoms with Crippen LogP contribution >= 0.6 is 11.8 Å². The summed E-state index contributed by atoms with van der Waals surface area (Å²) < 4.78 is 6.06. The first-order valence-electron chi connectivity index (χ1n) is 10.9. The summed E-state index contributed by atoms with van der Waals surface area (Å²) in [6.45, 7) is 4.82. The largest absolute Gasteiger partial charge is 0.487 e. The number of ether oxygens (including phenoxy) is 1. The van der Waals surface area contributed by atoms with Crippen LogP contribution in [0.1, 0.15) is 36.4 Å². The number of hydrogen-bond donors (Lipinski definition) is 2. The maximum atomic E-state index is 6.06. The van der Waals surface area contributed by atoms with Crippen LogP contribution in [0.2, 0.25) is 0 Å². The van der Waals surface area contributed by atoms with E-state index in [2.05, 4.69) is 78.6 Å². The highest BCUT2D eigenvalue weighted by Crippen LogP contribution is 2.39. The number of rotatable bonds is 4. The number of aromatic amines is 2. The summed E-state index contributed by atoms with van der Waals surface area (Å²) in [6.07, 6.45) is 3.00. The van der Waals surface area contributed by atoms with Gasteiger partial charge in [0.1, 0.15) is 24.0 Å². The van der Waals surface area contributed by atoms with Gasteiger partial charge in [0, 0.05) is 17.4 Å². The van der Waals surface area contributed by atoms with E-state index in [1.807, 2.05) is 0 Å². The van der Waals surface area contributed by atoms with E-state index in [1.54, 1.807) is 11.8 Å². The molecule has 3 heterocycles. The Labute approximate surface area is 190 Å². The highest BCUT2D eigenvalue weighted by molar-refractivity contribution is 7.98. The van der Waals surface area contributed by atoms with Crippen LogP contribution in [-0.2, 0) is 13.0 Å². The molecule has 1 aliphatic heterocycles. The number of aromatic nitrogens is 4. The van der Waals surface area contributed by atoms with Gasteiger partial charge in [-0.1, -0.05) is 31.2 Å². The second-order valence-electron chi connectivity index (χ2n) is 8.26. The molecule has 160 valence electrons. The number of benzene rings is 3. The van der Waals surface area contributed by atoms with Crippen LogP contribution in [0.3, 0.4) is 0 Å². The molecule has 0 fully saturated rings. The predicted molar refractivity (Wildman–Crippen MR) is 132 cm³/mol. The average Bonchev–Trinajstić information content (AvgIpc) is 3.47. The van der Waals surface area contributed by atoms with Gasteiger partial charge in [-0.15, -0.1) is 0 Å². The van der Waals surface area contributed by atoms with Crippen LogP contribution in [0.5, 0.6) is 5.75 Å². The summed E-state index contributed by atoms with van der Waals surface area (Å²) in [5.74, 6) is 2.92. The molecular weight excluding hydrogens is 416 g/mol. The monoisotopic (exact) mass is 440 g/mol. The zero-order valence-corrected chi connectivity index (χ0v) is 19.1. The minimum Gasteiger partial charge on any atom is -0.487 e. The molecule has 0 saturated carbocycles. The van der Waals surface area contributed by atoms with E-state index in [4.69, 9.17) is 14.7 Å². The fourth-order valence-corrected chi connectivity index (χ4v) is 4.77. The molecule has 6 heteroatoms. The number of nitrogens with zero attached hydrogens (tertiary/aromatic N) is 2. The summed E-state index contributed by atoms with van der Waals surface area (Å²) in [6, 6.07) is 17.3. The SMILES string of the molecule is CCc1nc2c([nH]1)COc1cc(-c3ccc4c(ccc5[nH]c(C(C)SC)nc54)c3)ccc1-2. The van der Waals surface area contributed by atoms with Crippen molar-refractivity contribution in [3.63, 3.8) is 0 Å². The fourth-order valence-electron chi connectivity index (χ4n) is 4.43. The third-order valence-corrected chi connectivity index (χ3v) is 7.26. The van der Waals surface area contributed by atoms with E-state index in [9.17, 15) is 0 Å². The molecule has 0 bridgehead atoms. The zero-order valence-electron chi connectivity index (χ0n) is 18.3. The highest BCUT2D eigenvalue weighted by atomic mass is 32.2. The van der Waals surface area contributed by atoms with Gasteiger partial charge in [0.15, 0.2) is 0 Å². The molecule has 0 radical (unpaired) electrons. The van der Waals surface area contributed by atoms with E-state index in [1.165, 1.54) is 16.3 Å². The molecule has 0 saturated heterocycles. The average molecular weight is 441 g/mol. The number of fused-ring (bicyclic) bond motifs is 6. The fraction of sp³-hybridized carbons (Fsp3) is 0.231. The van der Waals surface area contributed by atoms with Crippen LogP contribution in [0.15, 0.2) is 48.5 Å². The van der Waals surface area contributed by atoms with Gasteiger partial charge >= 0.3 is 0 Å². The van der Waals surface area contributed by atoms with Gasteiger partial charge in [-0.05, 0) is 54.0 Å². The highest BCUT2D eigenvalue weighted by Gasteiger charge is 2.22. The molecule has 2 aromatic heterocycles. The molecular formula is C26H24N4OS. The molecule has 1 atom stereocenters. The van der Waals surface area contributed by atoms with Gasteiger partial charge in [0.05, 0.1) is 27.7 Å². The van der Waals surface area contributed by atoms with Crippen molar-refractivity contribution in [2.75, 3.05) is 6.26 Å². The maximum Gasteiger partial charge on any atom is 0.130 e. The van der Waals surface area contributed by atoms with Gasteiger partial charge < -0.3 is 14.7 Å². The van der Waals surface area contributed by atoms with Gasteiger partial charge in [-0.25, -0.2) is 9.97 Å². The number of imidazole rings is 2. The van der Waals surface area contributed by atoms with Crippen molar-refractivity contribution in [3.8, 4) is 28.1 Å². The number of thioether (sulfide) groups is 1. The first kappa shape index (κ1) is 19.4. The number of aryl methyl sites for hydroxylation is 1. The normalized spacial score (nSPS) is 13.7. The second kappa shape index (κ2) is 7.41. The third-order valence-electron chi connectivity index (χ3n) is 6.33. The standard InChI is InChI=1S/C26H24N4OS/c1-4-23-27-21-13-31-22-12-16(6-9-19(22)25(21)29-23)15-5-8-18-17(11-15)7-10-20-24(18)30-26(28-20)14(2)32-3/h5-12,14H,4,13H2,1-3H3,(H,27,29)(H,28,30). The predicted octanol–water partition coefficient (Wildman–Crippen LogP) is 6.65. The molecule has 0 aliphatic carbocycles. The first-order chi connectivity index (χ1) is 15.6. The van der Waals surface area contributed by atoms with E-state index in [0.29, 0.717) is 11.9 Å². The number of hydrogen-bond acceptors (Lipinski definition) is 4. The van der Waals surface area contributed by atoms with Crippen molar-refractivity contribution < 1.29 is 4.74 Å². The van der Waals surface area contributed by atoms with Crippen LogP contribution in [0.25, 0.3) is 44.2 Å². The Kier molecular flexibility index (Phi) is 4.50. The van der Waals surface area contributed by atoms with E-state index >= 15 is 0 Å². The first-order valence-corrected chi connectivity index (χ1v) is 12.2. The topological polar surface area (TPSA) is 66.6 Å². The number of H-pyrrole nitrogens is 2. The molecule has 3 aromatic carbocycles. The molecule has 1 unspecified atom stereocenters. The summed E-state index contributed by atoms with van der Waals surface area (Å²) >= 11 is 1.80. The van der Waals surface area contributed by atoms with Crippen LogP contribution in [0.4, 0.5) is 0 Å². The van der Waals surface area contributed by atoms with Crippen molar-refractivity contribution in [1.82, 2.24) is 19.9 Å². The van der Waals surface area contributed by atoms with E-state index < -0.39 is 0 Å². The summed E-state index contributed by atoms with van der Waals surface area (Å²) in [5.41, 5.74) is 7.56. The lowest BCUT2D eigenvalue weighted by Gasteiger charge is -2.17. The van der Waals surface area contributed by atoms with Crippen molar-refractivity contribution in [2.45, 2.75) is 32.1 Å². The Morgan fingerprint density at radius 2 is 1.88 bits per heavy atom. The molecule has 5 aromatic rings. The summed E-state index contributed by atoms with van der Waals surface area (Å²) in [5, 5.41) is 2.70. The molecule has 5 nitrogen and oxygen atoms in total. The minimum absolute atomic E-state index is 0.343. The minimum atomic E-state index is 0.343. The third kappa shape index (κ3) is 3.01.